The van der Waals surface area contributed by atoms with E-state index < -0.39 is 17.3 Å². The van der Waals surface area contributed by atoms with Crippen molar-refractivity contribution in [2.75, 3.05) is 6.61 Å². The van der Waals surface area contributed by atoms with Crippen LogP contribution in [0.25, 0.3) is 0 Å². The minimum Gasteiger partial charge on any atom is -0.394 e. The molecule has 0 aliphatic rings. The van der Waals surface area contributed by atoms with Gasteiger partial charge in [-0.15, -0.1) is 12.4 Å². The van der Waals surface area contributed by atoms with Crippen LogP contribution in [0.5, 0.6) is 0 Å². The van der Waals surface area contributed by atoms with Crippen LogP contribution in [0.3, 0.4) is 0 Å². The Hall–Kier alpha value is -0.920. The Morgan fingerprint density at radius 3 is 2.35 bits per heavy atom. The maximum atomic E-state index is 12.8. The Kier molecular flexibility index (Phi) is 8.30. The van der Waals surface area contributed by atoms with E-state index in [0.29, 0.717) is 22.8 Å². The Bertz CT molecular complexity index is 739. The molecule has 1 atom stereocenters. The molecule has 26 heavy (non-hydrogen) atoms. The maximum Gasteiger partial charge on any atom is 0.416 e. The van der Waals surface area contributed by atoms with E-state index in [1.807, 2.05) is 12.1 Å². The van der Waals surface area contributed by atoms with Crippen molar-refractivity contribution in [1.82, 2.24) is 0 Å². The van der Waals surface area contributed by atoms with Gasteiger partial charge in [0.1, 0.15) is 0 Å². The second-order valence-electron chi connectivity index (χ2n) is 6.19. The summed E-state index contributed by atoms with van der Waals surface area (Å²) in [6.07, 6.45) is -3.18. The van der Waals surface area contributed by atoms with Gasteiger partial charge in [0.25, 0.3) is 0 Å². The van der Waals surface area contributed by atoms with E-state index >= 15 is 0 Å². The third-order valence-electron chi connectivity index (χ3n) is 3.75. The summed E-state index contributed by atoms with van der Waals surface area (Å²) in [4.78, 5) is 1.25. The minimum atomic E-state index is -4.36. The molecule has 2 nitrogen and oxygen atoms in total. The van der Waals surface area contributed by atoms with Gasteiger partial charge < -0.3 is 10.8 Å². The van der Waals surface area contributed by atoms with E-state index in [-0.39, 0.29) is 19.0 Å². The smallest absolute Gasteiger partial charge is 0.394 e. The van der Waals surface area contributed by atoms with Crippen LogP contribution in [0.15, 0.2) is 52.3 Å². The van der Waals surface area contributed by atoms with Gasteiger partial charge in [-0.2, -0.15) is 13.2 Å². The van der Waals surface area contributed by atoms with Crippen molar-refractivity contribution in [3.05, 3.63) is 58.6 Å². The van der Waals surface area contributed by atoms with E-state index in [1.54, 1.807) is 19.1 Å². The topological polar surface area (TPSA) is 46.2 Å². The van der Waals surface area contributed by atoms with E-state index in [1.165, 1.54) is 17.8 Å². The number of aliphatic hydroxyl groups is 1. The van der Waals surface area contributed by atoms with Gasteiger partial charge in [-0.25, -0.2) is 0 Å². The summed E-state index contributed by atoms with van der Waals surface area (Å²) in [6.45, 7) is 1.65. The fourth-order valence-corrected chi connectivity index (χ4v) is 3.42. The van der Waals surface area contributed by atoms with Crippen molar-refractivity contribution < 1.29 is 18.3 Å². The number of benzene rings is 2. The van der Waals surface area contributed by atoms with Gasteiger partial charge in [-0.1, -0.05) is 35.5 Å². The van der Waals surface area contributed by atoms with Crippen LogP contribution in [0.4, 0.5) is 13.2 Å². The first-order valence-corrected chi connectivity index (χ1v) is 8.83. The summed E-state index contributed by atoms with van der Waals surface area (Å²) in [6, 6.07) is 10.6. The molecule has 2 aromatic carbocycles. The monoisotopic (exact) mass is 425 g/mol. The molecule has 0 bridgehead atoms. The minimum absolute atomic E-state index is 0. The third kappa shape index (κ3) is 6.67. The first-order chi connectivity index (χ1) is 11.6. The van der Waals surface area contributed by atoms with Crippen molar-refractivity contribution in [3.8, 4) is 0 Å². The van der Waals surface area contributed by atoms with E-state index in [2.05, 4.69) is 0 Å². The first-order valence-electron chi connectivity index (χ1n) is 7.64. The third-order valence-corrected chi connectivity index (χ3v) is 5.08. The number of rotatable bonds is 6. The number of halogens is 5. The first kappa shape index (κ1) is 23.1. The van der Waals surface area contributed by atoms with Gasteiger partial charge in [0.2, 0.25) is 0 Å². The zero-order valence-corrected chi connectivity index (χ0v) is 16.4. The van der Waals surface area contributed by atoms with Crippen molar-refractivity contribution in [3.63, 3.8) is 0 Å². The Morgan fingerprint density at radius 2 is 1.77 bits per heavy atom. The highest BCUT2D eigenvalue weighted by molar-refractivity contribution is 7.99. The zero-order valence-electron chi connectivity index (χ0n) is 14.0. The van der Waals surface area contributed by atoms with Crippen LogP contribution in [0.2, 0.25) is 5.02 Å². The molecule has 8 heteroatoms. The summed E-state index contributed by atoms with van der Waals surface area (Å²) in [7, 11) is 0. The normalized spacial score (nSPS) is 13.8. The Morgan fingerprint density at radius 1 is 1.12 bits per heavy atom. The molecular weight excluding hydrogens is 406 g/mol. The Labute approximate surface area is 166 Å². The number of alkyl halides is 3. The molecule has 0 heterocycles. The van der Waals surface area contributed by atoms with E-state index in [4.69, 9.17) is 17.3 Å². The molecule has 0 unspecified atom stereocenters. The van der Waals surface area contributed by atoms with Crippen molar-refractivity contribution >= 4 is 35.8 Å². The molecule has 2 aromatic rings. The molecule has 0 aliphatic carbocycles. The van der Waals surface area contributed by atoms with Crippen LogP contribution < -0.4 is 5.73 Å². The number of aryl methyl sites for hydroxylation is 1. The molecule has 0 fully saturated rings. The van der Waals surface area contributed by atoms with E-state index in [9.17, 15) is 18.3 Å². The molecular formula is C18H20Cl2F3NOS. The van der Waals surface area contributed by atoms with Gasteiger partial charge in [0.15, 0.2) is 0 Å². The lowest BCUT2D eigenvalue weighted by atomic mass is 9.95. The second-order valence-corrected chi connectivity index (χ2v) is 7.75. The van der Waals surface area contributed by atoms with Gasteiger partial charge in [-0.3, -0.25) is 0 Å². The summed E-state index contributed by atoms with van der Waals surface area (Å²) in [5, 5.41) is 9.72. The van der Waals surface area contributed by atoms with Gasteiger partial charge in [0.05, 0.1) is 12.2 Å². The molecule has 0 saturated heterocycles. The zero-order chi connectivity index (χ0) is 18.7. The number of aliphatic hydroxyl groups excluding tert-OH is 1. The molecule has 0 spiro atoms. The molecule has 0 saturated carbocycles. The van der Waals surface area contributed by atoms with Gasteiger partial charge in [-0.05, 0) is 55.7 Å². The predicted molar refractivity (Wildman–Crippen MR) is 102 cm³/mol. The van der Waals surface area contributed by atoms with Gasteiger partial charge >= 0.3 is 6.18 Å². The molecule has 2 rings (SSSR count). The SMILES string of the molecule is C[C@](N)(CO)CCc1ccc(Sc2cccc(C(F)(F)F)c2)cc1Cl.Cl. The molecule has 0 amide bonds. The molecule has 3 N–H and O–H groups in total. The number of hydrogen-bond acceptors (Lipinski definition) is 3. The average molecular weight is 426 g/mol. The highest BCUT2D eigenvalue weighted by atomic mass is 35.5. The van der Waals surface area contributed by atoms with Crippen molar-refractivity contribution in [2.24, 2.45) is 5.73 Å². The quantitative estimate of drug-likeness (QED) is 0.635. The van der Waals surface area contributed by atoms with Crippen LogP contribution >= 0.6 is 35.8 Å². The molecule has 144 valence electrons. The average Bonchev–Trinajstić information content (AvgIpc) is 2.53. The van der Waals surface area contributed by atoms with Crippen molar-refractivity contribution in [2.45, 2.75) is 41.3 Å². The largest absolute Gasteiger partial charge is 0.416 e. The second kappa shape index (κ2) is 9.33. The highest BCUT2D eigenvalue weighted by Gasteiger charge is 2.30. The van der Waals surface area contributed by atoms with E-state index in [0.717, 1.165) is 22.6 Å². The lowest BCUT2D eigenvalue weighted by Crippen LogP contribution is -2.40. The fourth-order valence-electron chi connectivity index (χ4n) is 2.17. The maximum absolute atomic E-state index is 12.8. The summed E-state index contributed by atoms with van der Waals surface area (Å²) >= 11 is 7.49. The fraction of sp³-hybridized carbons (Fsp3) is 0.333. The van der Waals surface area contributed by atoms with Crippen LogP contribution in [0, 0.1) is 0 Å². The van der Waals surface area contributed by atoms with Crippen LogP contribution in [-0.2, 0) is 12.6 Å². The summed E-state index contributed by atoms with van der Waals surface area (Å²) in [5.41, 5.74) is 5.45. The predicted octanol–water partition coefficient (Wildman–Crippen LogP) is 5.57. The summed E-state index contributed by atoms with van der Waals surface area (Å²) < 4.78 is 38.3. The molecule has 0 radical (unpaired) electrons. The lowest BCUT2D eigenvalue weighted by Gasteiger charge is -2.21. The lowest BCUT2D eigenvalue weighted by molar-refractivity contribution is -0.137. The van der Waals surface area contributed by atoms with Crippen LogP contribution in [-0.4, -0.2) is 17.3 Å². The standard InChI is InChI=1S/C18H19ClF3NOS.ClH/c1-17(23,11-24)8-7-12-5-6-15(10-16(12)19)25-14-4-2-3-13(9-14)18(20,21)22;/h2-6,9-10,24H,7-8,11,23H2,1H3;1H/t17-;/m1./s1. The molecule has 0 aliphatic heterocycles. The number of nitrogens with two attached hydrogens (primary N) is 1. The summed E-state index contributed by atoms with van der Waals surface area (Å²) in [5.74, 6) is 0. The Balaban J connectivity index is 0.00000338. The van der Waals surface area contributed by atoms with Gasteiger partial charge in [0, 0.05) is 20.4 Å². The molecule has 0 aromatic heterocycles. The van der Waals surface area contributed by atoms with Crippen LogP contribution in [0.1, 0.15) is 24.5 Å². The highest BCUT2D eigenvalue weighted by Crippen LogP contribution is 2.35. The number of hydrogen-bond donors (Lipinski definition) is 2. The van der Waals surface area contributed by atoms with Crippen molar-refractivity contribution in [1.29, 1.82) is 0 Å².